The summed E-state index contributed by atoms with van der Waals surface area (Å²) in [5.41, 5.74) is 0.361. The van der Waals surface area contributed by atoms with Gasteiger partial charge in [-0.15, -0.1) is 0 Å². The van der Waals surface area contributed by atoms with E-state index in [-0.39, 0.29) is 11.9 Å². The molecule has 1 aliphatic heterocycles. The zero-order valence-corrected chi connectivity index (χ0v) is 14.9. The smallest absolute Gasteiger partial charge is 0.274 e. The number of amides is 1. The van der Waals surface area contributed by atoms with Crippen molar-refractivity contribution in [3.8, 4) is 0 Å². The van der Waals surface area contributed by atoms with Gasteiger partial charge in [0.25, 0.3) is 5.91 Å². The molecule has 1 aliphatic rings. The molecule has 0 radical (unpaired) electrons. The van der Waals surface area contributed by atoms with Crippen LogP contribution in [0.1, 0.15) is 48.5 Å². The molecule has 2 aromatic rings. The molecule has 1 atom stereocenters. The second-order valence-electron chi connectivity index (χ2n) is 6.78. The summed E-state index contributed by atoms with van der Waals surface area (Å²) >= 11 is 0. The van der Waals surface area contributed by atoms with Gasteiger partial charge in [-0.2, -0.15) is 4.98 Å². The molecule has 1 saturated heterocycles. The number of aryl methyl sites for hydroxylation is 1. The lowest BCUT2D eigenvalue weighted by Gasteiger charge is -2.30. The fraction of sp³-hybridized carbons (Fsp3) is 0.588. The zero-order chi connectivity index (χ0) is 17.8. The van der Waals surface area contributed by atoms with Crippen LogP contribution in [-0.2, 0) is 0 Å². The molecule has 3 rings (SSSR count). The number of hydrogen-bond acceptors (Lipinski definition) is 7. The molecule has 0 bridgehead atoms. The summed E-state index contributed by atoms with van der Waals surface area (Å²) in [5, 5.41) is 3.93. The standard InChI is InChI=1S/C17H24N6O2/c1-12(2)10-22-7-4-8-23(17(24)14-9-18-5-6-19-14)11-15(22)16-20-13(3)21-25-16/h5-6,9,12,15H,4,7-8,10-11H2,1-3H3. The SMILES string of the molecule is Cc1noc(C2CN(C(=O)c3cnccn3)CCCN2CC(C)C)n1. The number of nitrogens with zero attached hydrogens (tertiary/aromatic N) is 6. The first-order valence-electron chi connectivity index (χ1n) is 8.64. The monoisotopic (exact) mass is 344 g/mol. The lowest BCUT2D eigenvalue weighted by Crippen LogP contribution is -2.39. The molecule has 1 fully saturated rings. The number of carbonyl (C=O) groups excluding carboxylic acids is 1. The van der Waals surface area contributed by atoms with Crippen molar-refractivity contribution in [2.75, 3.05) is 26.2 Å². The average molecular weight is 344 g/mol. The maximum absolute atomic E-state index is 12.8. The number of hydrogen-bond donors (Lipinski definition) is 0. The highest BCUT2D eigenvalue weighted by atomic mass is 16.5. The molecule has 25 heavy (non-hydrogen) atoms. The van der Waals surface area contributed by atoms with Gasteiger partial charge in [0.15, 0.2) is 5.82 Å². The lowest BCUT2D eigenvalue weighted by atomic mass is 10.1. The van der Waals surface area contributed by atoms with Gasteiger partial charge in [0.05, 0.1) is 6.20 Å². The van der Waals surface area contributed by atoms with Crippen LogP contribution in [-0.4, -0.2) is 62.0 Å². The third-order valence-corrected chi connectivity index (χ3v) is 4.20. The van der Waals surface area contributed by atoms with Crippen LogP contribution in [0.5, 0.6) is 0 Å². The largest absolute Gasteiger partial charge is 0.338 e. The van der Waals surface area contributed by atoms with E-state index < -0.39 is 0 Å². The van der Waals surface area contributed by atoms with Crippen molar-refractivity contribution in [2.45, 2.75) is 33.2 Å². The molecule has 0 aliphatic carbocycles. The summed E-state index contributed by atoms with van der Waals surface area (Å²) < 4.78 is 5.44. The summed E-state index contributed by atoms with van der Waals surface area (Å²) in [6.07, 6.45) is 5.50. The van der Waals surface area contributed by atoms with Crippen LogP contribution in [0.15, 0.2) is 23.1 Å². The number of aromatic nitrogens is 4. The van der Waals surface area contributed by atoms with Crippen molar-refractivity contribution in [1.82, 2.24) is 29.9 Å². The van der Waals surface area contributed by atoms with E-state index in [1.807, 2.05) is 4.90 Å². The van der Waals surface area contributed by atoms with E-state index in [1.54, 1.807) is 13.1 Å². The van der Waals surface area contributed by atoms with Crippen molar-refractivity contribution in [2.24, 2.45) is 5.92 Å². The first kappa shape index (κ1) is 17.5. The third-order valence-electron chi connectivity index (χ3n) is 4.20. The van der Waals surface area contributed by atoms with Gasteiger partial charge in [0, 0.05) is 38.6 Å². The Bertz CT molecular complexity index is 702. The van der Waals surface area contributed by atoms with Gasteiger partial charge in [0.1, 0.15) is 11.7 Å². The highest BCUT2D eigenvalue weighted by molar-refractivity contribution is 5.92. The molecular weight excluding hydrogens is 320 g/mol. The number of rotatable bonds is 4. The fourth-order valence-electron chi connectivity index (χ4n) is 3.16. The van der Waals surface area contributed by atoms with Crippen LogP contribution in [0.25, 0.3) is 0 Å². The normalized spacial score (nSPS) is 19.2. The minimum absolute atomic E-state index is 0.105. The van der Waals surface area contributed by atoms with Gasteiger partial charge < -0.3 is 9.42 Å². The predicted octanol–water partition coefficient (Wildman–Crippen LogP) is 1.71. The minimum Gasteiger partial charge on any atom is -0.338 e. The molecule has 8 heteroatoms. The lowest BCUT2D eigenvalue weighted by molar-refractivity contribution is 0.0702. The van der Waals surface area contributed by atoms with Crippen molar-refractivity contribution in [3.05, 3.63) is 36.0 Å². The Morgan fingerprint density at radius 3 is 2.84 bits per heavy atom. The van der Waals surface area contributed by atoms with E-state index in [2.05, 4.69) is 38.9 Å². The first-order valence-corrected chi connectivity index (χ1v) is 8.64. The topological polar surface area (TPSA) is 88.2 Å². The van der Waals surface area contributed by atoms with Gasteiger partial charge in [-0.25, -0.2) is 4.98 Å². The molecule has 1 unspecified atom stereocenters. The van der Waals surface area contributed by atoms with Gasteiger partial charge in [0.2, 0.25) is 5.89 Å². The molecule has 0 N–H and O–H groups in total. The molecule has 1 amide bonds. The summed E-state index contributed by atoms with van der Waals surface area (Å²) in [6.45, 7) is 9.15. The predicted molar refractivity (Wildman–Crippen MR) is 90.7 cm³/mol. The third kappa shape index (κ3) is 4.19. The maximum atomic E-state index is 12.8. The van der Waals surface area contributed by atoms with Crippen molar-refractivity contribution >= 4 is 5.91 Å². The maximum Gasteiger partial charge on any atom is 0.274 e. The first-order chi connectivity index (χ1) is 12.0. The molecule has 3 heterocycles. The van der Waals surface area contributed by atoms with Crippen LogP contribution in [0.3, 0.4) is 0 Å². The fourth-order valence-corrected chi connectivity index (χ4v) is 3.16. The molecule has 0 spiro atoms. The zero-order valence-electron chi connectivity index (χ0n) is 14.9. The van der Waals surface area contributed by atoms with Crippen LogP contribution in [0, 0.1) is 12.8 Å². The quantitative estimate of drug-likeness (QED) is 0.834. The van der Waals surface area contributed by atoms with Crippen LogP contribution >= 0.6 is 0 Å². The molecule has 0 aromatic carbocycles. The van der Waals surface area contributed by atoms with Gasteiger partial charge in [-0.05, 0) is 19.3 Å². The molecule has 2 aromatic heterocycles. The average Bonchev–Trinajstić information content (AvgIpc) is 2.92. The van der Waals surface area contributed by atoms with E-state index in [9.17, 15) is 4.79 Å². The summed E-state index contributed by atoms with van der Waals surface area (Å²) in [6, 6.07) is -0.105. The second-order valence-corrected chi connectivity index (χ2v) is 6.78. The molecule has 8 nitrogen and oxygen atoms in total. The van der Waals surface area contributed by atoms with E-state index in [4.69, 9.17) is 4.52 Å². The van der Waals surface area contributed by atoms with Gasteiger partial charge in [-0.3, -0.25) is 14.7 Å². The Kier molecular flexibility index (Phi) is 5.37. The number of carbonyl (C=O) groups is 1. The van der Waals surface area contributed by atoms with E-state index in [1.165, 1.54) is 12.4 Å². The van der Waals surface area contributed by atoms with Crippen molar-refractivity contribution in [3.63, 3.8) is 0 Å². The molecule has 0 saturated carbocycles. The van der Waals surface area contributed by atoms with E-state index in [0.29, 0.717) is 36.4 Å². The van der Waals surface area contributed by atoms with Crippen LogP contribution in [0.4, 0.5) is 0 Å². The Labute approximate surface area is 147 Å². The van der Waals surface area contributed by atoms with Crippen LogP contribution in [0.2, 0.25) is 0 Å². The Hall–Kier alpha value is -2.35. The summed E-state index contributed by atoms with van der Waals surface area (Å²) in [5.74, 6) is 1.57. The highest BCUT2D eigenvalue weighted by Gasteiger charge is 2.33. The Morgan fingerprint density at radius 1 is 1.36 bits per heavy atom. The van der Waals surface area contributed by atoms with Gasteiger partial charge in [-0.1, -0.05) is 19.0 Å². The van der Waals surface area contributed by atoms with E-state index >= 15 is 0 Å². The van der Waals surface area contributed by atoms with Gasteiger partial charge >= 0.3 is 0 Å². The van der Waals surface area contributed by atoms with Crippen molar-refractivity contribution in [1.29, 1.82) is 0 Å². The summed E-state index contributed by atoms with van der Waals surface area (Å²) in [7, 11) is 0. The van der Waals surface area contributed by atoms with Crippen LogP contribution < -0.4 is 0 Å². The molecule has 134 valence electrons. The molecular formula is C17H24N6O2. The Balaban J connectivity index is 1.85. The minimum atomic E-state index is -0.110. The Morgan fingerprint density at radius 2 is 2.20 bits per heavy atom. The van der Waals surface area contributed by atoms with E-state index in [0.717, 1.165) is 19.5 Å². The second kappa shape index (κ2) is 7.69. The highest BCUT2D eigenvalue weighted by Crippen LogP contribution is 2.25. The summed E-state index contributed by atoms with van der Waals surface area (Å²) in [4.78, 5) is 29.5. The van der Waals surface area contributed by atoms with Crippen molar-refractivity contribution < 1.29 is 9.32 Å².